The van der Waals surface area contributed by atoms with E-state index in [0.717, 1.165) is 22.3 Å². The smallest absolute Gasteiger partial charge is 0.323 e. The van der Waals surface area contributed by atoms with Gasteiger partial charge in [0, 0.05) is 12.5 Å². The predicted molar refractivity (Wildman–Crippen MR) is 101 cm³/mol. The van der Waals surface area contributed by atoms with Crippen molar-refractivity contribution in [3.8, 4) is 11.1 Å². The normalized spacial score (nSPS) is 13.7. The number of aliphatic carboxylic acids is 1. The van der Waals surface area contributed by atoms with Crippen molar-refractivity contribution in [3.05, 3.63) is 59.7 Å². The lowest BCUT2D eigenvalue weighted by Crippen LogP contribution is -2.43. The Bertz CT molecular complexity index is 774. The molecule has 0 bridgehead atoms. The summed E-state index contributed by atoms with van der Waals surface area (Å²) in [6.07, 6.45) is 0. The van der Waals surface area contributed by atoms with Crippen molar-refractivity contribution in [1.82, 2.24) is 5.32 Å². The Morgan fingerprint density at radius 1 is 1.07 bits per heavy atom. The third-order valence-corrected chi connectivity index (χ3v) is 4.65. The second kappa shape index (κ2) is 8.79. The number of carboxylic acids is 1. The molecule has 0 saturated heterocycles. The van der Waals surface area contributed by atoms with Crippen LogP contribution in [0.15, 0.2) is 48.5 Å². The fraction of sp³-hybridized carbons (Fsp3) is 0.333. The zero-order valence-electron chi connectivity index (χ0n) is 15.2. The van der Waals surface area contributed by atoms with Crippen molar-refractivity contribution >= 4 is 11.9 Å². The Kier molecular flexibility index (Phi) is 6.21. The molecule has 0 amide bonds. The minimum Gasteiger partial charge on any atom is -0.480 e. The second-order valence-electron chi connectivity index (χ2n) is 6.34. The number of benzene rings is 2. The third kappa shape index (κ3) is 4.35. The first-order chi connectivity index (χ1) is 13.1. The molecule has 0 aromatic heterocycles. The van der Waals surface area contributed by atoms with E-state index in [1.54, 1.807) is 6.92 Å². The molecule has 142 valence electrons. The van der Waals surface area contributed by atoms with E-state index in [1.807, 2.05) is 24.3 Å². The fourth-order valence-corrected chi connectivity index (χ4v) is 3.33. The van der Waals surface area contributed by atoms with Gasteiger partial charge in [0.2, 0.25) is 0 Å². The lowest BCUT2D eigenvalue weighted by atomic mass is 9.98. The number of carboxylic acid groups (broad SMARTS) is 1. The highest BCUT2D eigenvalue weighted by molar-refractivity contribution is 5.79. The minimum absolute atomic E-state index is 0.00247. The number of rotatable bonds is 9. The van der Waals surface area contributed by atoms with E-state index in [1.165, 1.54) is 0 Å². The summed E-state index contributed by atoms with van der Waals surface area (Å²) in [6.45, 7) is 2.24. The fourth-order valence-electron chi connectivity index (χ4n) is 3.33. The van der Waals surface area contributed by atoms with Gasteiger partial charge in [0.15, 0.2) is 0 Å². The van der Waals surface area contributed by atoms with Crippen molar-refractivity contribution in [3.63, 3.8) is 0 Å². The van der Waals surface area contributed by atoms with Gasteiger partial charge in [-0.15, -0.1) is 0 Å². The van der Waals surface area contributed by atoms with E-state index >= 15 is 0 Å². The van der Waals surface area contributed by atoms with Crippen LogP contribution in [0, 0.1) is 0 Å². The number of ether oxygens (including phenoxy) is 2. The van der Waals surface area contributed by atoms with Crippen LogP contribution in [0.2, 0.25) is 0 Å². The lowest BCUT2D eigenvalue weighted by Gasteiger charge is -2.16. The van der Waals surface area contributed by atoms with Gasteiger partial charge in [-0.25, -0.2) is 0 Å². The Morgan fingerprint density at radius 2 is 1.67 bits per heavy atom. The molecule has 6 heteroatoms. The third-order valence-electron chi connectivity index (χ3n) is 4.65. The van der Waals surface area contributed by atoms with Gasteiger partial charge in [-0.05, 0) is 29.2 Å². The van der Waals surface area contributed by atoms with Gasteiger partial charge in [-0.2, -0.15) is 0 Å². The first-order valence-corrected chi connectivity index (χ1v) is 8.99. The molecule has 6 nitrogen and oxygen atoms in total. The summed E-state index contributed by atoms with van der Waals surface area (Å²) in [5, 5.41) is 11.8. The molecule has 27 heavy (non-hydrogen) atoms. The van der Waals surface area contributed by atoms with Gasteiger partial charge in [0.25, 0.3) is 0 Å². The van der Waals surface area contributed by atoms with E-state index in [0.29, 0.717) is 6.61 Å². The predicted octanol–water partition coefficient (Wildman–Crippen LogP) is 2.42. The summed E-state index contributed by atoms with van der Waals surface area (Å²) in [4.78, 5) is 23.3. The zero-order chi connectivity index (χ0) is 19.2. The van der Waals surface area contributed by atoms with Crippen LogP contribution < -0.4 is 5.32 Å². The highest BCUT2D eigenvalue weighted by atomic mass is 16.5. The van der Waals surface area contributed by atoms with Crippen LogP contribution in [0.25, 0.3) is 11.1 Å². The van der Waals surface area contributed by atoms with Crippen molar-refractivity contribution in [2.75, 3.05) is 26.4 Å². The van der Waals surface area contributed by atoms with Crippen LogP contribution in [0.1, 0.15) is 24.0 Å². The highest BCUT2D eigenvalue weighted by Gasteiger charge is 2.29. The van der Waals surface area contributed by atoms with Crippen molar-refractivity contribution in [1.29, 1.82) is 0 Å². The summed E-state index contributed by atoms with van der Waals surface area (Å²) >= 11 is 0. The average molecular weight is 369 g/mol. The SMILES string of the molecule is CCOC[C@H](NCC(=O)OCC1c2ccccc2-c2ccccc21)C(=O)O. The molecule has 0 spiro atoms. The number of esters is 1. The van der Waals surface area contributed by atoms with Gasteiger partial charge >= 0.3 is 11.9 Å². The van der Waals surface area contributed by atoms with Crippen LogP contribution in [-0.2, 0) is 19.1 Å². The second-order valence-corrected chi connectivity index (χ2v) is 6.34. The zero-order valence-corrected chi connectivity index (χ0v) is 15.2. The average Bonchev–Trinajstić information content (AvgIpc) is 3.00. The Hall–Kier alpha value is -2.70. The molecule has 0 saturated carbocycles. The summed E-state index contributed by atoms with van der Waals surface area (Å²) in [6, 6.07) is 15.3. The molecule has 1 aliphatic rings. The molecule has 2 aromatic carbocycles. The van der Waals surface area contributed by atoms with Crippen LogP contribution in [0.4, 0.5) is 0 Å². The van der Waals surface area contributed by atoms with Crippen molar-refractivity contribution in [2.24, 2.45) is 0 Å². The number of hydrogen-bond donors (Lipinski definition) is 2. The molecule has 3 rings (SSSR count). The lowest BCUT2D eigenvalue weighted by molar-refractivity contribution is -0.144. The topological polar surface area (TPSA) is 84.9 Å². The molecule has 2 N–H and O–H groups in total. The molecule has 0 unspecified atom stereocenters. The Labute approximate surface area is 158 Å². The molecular weight excluding hydrogens is 346 g/mol. The summed E-state index contributed by atoms with van der Waals surface area (Å²) < 4.78 is 10.6. The molecule has 0 heterocycles. The number of fused-ring (bicyclic) bond motifs is 3. The maximum Gasteiger partial charge on any atom is 0.323 e. The van der Waals surface area contributed by atoms with Gasteiger partial charge in [-0.3, -0.25) is 14.9 Å². The molecular formula is C21H23NO5. The minimum atomic E-state index is -1.06. The van der Waals surface area contributed by atoms with Gasteiger partial charge < -0.3 is 14.6 Å². The number of carbonyl (C=O) groups excluding carboxylic acids is 1. The highest BCUT2D eigenvalue weighted by Crippen LogP contribution is 2.44. The Balaban J connectivity index is 1.60. The molecule has 1 aliphatic carbocycles. The molecule has 0 radical (unpaired) electrons. The first kappa shape index (κ1) is 19.1. The van der Waals surface area contributed by atoms with Gasteiger partial charge in [0.1, 0.15) is 12.6 Å². The summed E-state index contributed by atoms with van der Waals surface area (Å²) in [5.74, 6) is -1.56. The standard InChI is InChI=1S/C21H23NO5/c1-2-26-13-19(21(24)25)22-11-20(23)27-12-18-16-9-5-3-7-14(16)15-8-4-6-10-17(15)18/h3-10,18-19,22H,2,11-13H2,1H3,(H,24,25)/t19-/m0/s1. The van der Waals surface area contributed by atoms with E-state index in [4.69, 9.17) is 14.6 Å². The van der Waals surface area contributed by atoms with Crippen molar-refractivity contribution in [2.45, 2.75) is 18.9 Å². The summed E-state index contributed by atoms with van der Waals surface area (Å²) in [7, 11) is 0. The number of carbonyl (C=O) groups is 2. The van der Waals surface area contributed by atoms with Crippen LogP contribution in [0.3, 0.4) is 0 Å². The van der Waals surface area contributed by atoms with Crippen LogP contribution in [0.5, 0.6) is 0 Å². The van der Waals surface area contributed by atoms with Gasteiger partial charge in [-0.1, -0.05) is 48.5 Å². The molecule has 0 aliphatic heterocycles. The van der Waals surface area contributed by atoms with Gasteiger partial charge in [0.05, 0.1) is 13.2 Å². The van der Waals surface area contributed by atoms with E-state index < -0.39 is 18.0 Å². The monoisotopic (exact) mass is 369 g/mol. The van der Waals surface area contributed by atoms with Crippen LogP contribution >= 0.6 is 0 Å². The first-order valence-electron chi connectivity index (χ1n) is 8.99. The maximum atomic E-state index is 12.1. The Morgan fingerprint density at radius 3 is 2.22 bits per heavy atom. The van der Waals surface area contributed by atoms with E-state index in [9.17, 15) is 9.59 Å². The van der Waals surface area contributed by atoms with E-state index in [-0.39, 0.29) is 25.7 Å². The summed E-state index contributed by atoms with van der Waals surface area (Å²) in [5.41, 5.74) is 4.60. The van der Waals surface area contributed by atoms with E-state index in [2.05, 4.69) is 29.6 Å². The molecule has 0 fully saturated rings. The molecule has 1 atom stereocenters. The number of hydrogen-bond acceptors (Lipinski definition) is 5. The number of nitrogens with one attached hydrogen (secondary N) is 1. The van der Waals surface area contributed by atoms with Crippen molar-refractivity contribution < 1.29 is 24.2 Å². The maximum absolute atomic E-state index is 12.1. The van der Waals surface area contributed by atoms with Crippen LogP contribution in [-0.4, -0.2) is 49.5 Å². The quantitative estimate of drug-likeness (QED) is 0.661. The molecule has 2 aromatic rings. The largest absolute Gasteiger partial charge is 0.480 e.